The molecule has 2 aliphatic heterocycles. The van der Waals surface area contributed by atoms with Gasteiger partial charge in [-0.3, -0.25) is 19.3 Å². The zero-order valence-corrected chi connectivity index (χ0v) is 28.1. The number of piperidine rings is 1. The molecule has 10 heteroatoms. The molecule has 3 aliphatic rings. The third kappa shape index (κ3) is 8.99. The van der Waals surface area contributed by atoms with Crippen molar-refractivity contribution in [2.75, 3.05) is 11.9 Å². The molecule has 0 aromatic heterocycles. The quantitative estimate of drug-likeness (QED) is 0.257. The predicted octanol–water partition coefficient (Wildman–Crippen LogP) is 5.71. The summed E-state index contributed by atoms with van der Waals surface area (Å²) >= 11 is 0. The van der Waals surface area contributed by atoms with E-state index >= 15 is 0 Å². The number of benzene rings is 2. The number of carbonyl (C=O) groups is 3. The molecule has 0 spiro atoms. The molecule has 47 heavy (non-hydrogen) atoms. The number of ether oxygens (including phenoxy) is 2. The molecule has 0 bridgehead atoms. The summed E-state index contributed by atoms with van der Waals surface area (Å²) in [5.74, 6) is -0.824. The molecule has 2 aromatic carbocycles. The number of carboxylic acids is 1. The van der Waals surface area contributed by atoms with Crippen LogP contribution < -0.4 is 10.6 Å². The molecule has 2 heterocycles. The highest BCUT2D eigenvalue weighted by molar-refractivity contribution is 5.92. The number of nitrogens with zero attached hydrogens (tertiary/aromatic N) is 1. The lowest BCUT2D eigenvalue weighted by molar-refractivity contribution is -0.278. The van der Waals surface area contributed by atoms with Gasteiger partial charge in [0.1, 0.15) is 0 Å². The van der Waals surface area contributed by atoms with Gasteiger partial charge in [0.15, 0.2) is 6.29 Å². The maximum absolute atomic E-state index is 13.8. The van der Waals surface area contributed by atoms with Crippen molar-refractivity contribution in [1.29, 1.82) is 0 Å². The van der Waals surface area contributed by atoms with E-state index in [-0.39, 0.29) is 61.0 Å². The molecule has 2 saturated heterocycles. The summed E-state index contributed by atoms with van der Waals surface area (Å²) in [5.41, 5.74) is 2.72. The topological polar surface area (TPSA) is 137 Å². The number of hydrogen-bond acceptors (Lipinski definition) is 7. The maximum atomic E-state index is 13.8. The molecule has 1 saturated carbocycles. The average molecular weight is 650 g/mol. The molecule has 256 valence electrons. The number of likely N-dealkylation sites (tertiary alicyclic amines) is 1. The Morgan fingerprint density at radius 2 is 1.68 bits per heavy atom. The van der Waals surface area contributed by atoms with Gasteiger partial charge < -0.3 is 30.3 Å². The van der Waals surface area contributed by atoms with E-state index in [1.165, 1.54) is 12.8 Å². The van der Waals surface area contributed by atoms with Crippen molar-refractivity contribution >= 4 is 23.5 Å². The van der Waals surface area contributed by atoms with Gasteiger partial charge in [-0.1, -0.05) is 56.2 Å². The van der Waals surface area contributed by atoms with Crippen molar-refractivity contribution in [3.05, 3.63) is 65.2 Å². The van der Waals surface area contributed by atoms with Crippen LogP contribution in [0.2, 0.25) is 0 Å². The number of aliphatic carboxylic acids is 1. The Hall–Kier alpha value is -3.31. The van der Waals surface area contributed by atoms with Crippen LogP contribution in [0.25, 0.3) is 0 Å². The van der Waals surface area contributed by atoms with Crippen molar-refractivity contribution < 1.29 is 34.1 Å². The molecule has 10 nitrogen and oxygen atoms in total. The molecule has 4 N–H and O–H groups in total. The van der Waals surface area contributed by atoms with Crippen LogP contribution in [-0.2, 0) is 30.5 Å². The Labute approximate surface area is 278 Å². The summed E-state index contributed by atoms with van der Waals surface area (Å²) in [6, 6.07) is 15.1. The maximum Gasteiger partial charge on any atom is 0.303 e. The average Bonchev–Trinajstić information content (AvgIpc) is 3.04. The summed E-state index contributed by atoms with van der Waals surface area (Å²) in [6.45, 7) is 8.73. The van der Waals surface area contributed by atoms with Crippen molar-refractivity contribution in [1.82, 2.24) is 10.2 Å². The Kier molecular flexibility index (Phi) is 11.4. The fraction of sp³-hybridized carbons (Fsp3) is 0.595. The number of amides is 2. The second-order valence-corrected chi connectivity index (χ2v) is 14.5. The molecular weight excluding hydrogens is 598 g/mol. The number of fused-ring (bicyclic) bond motifs is 1. The highest BCUT2D eigenvalue weighted by Crippen LogP contribution is 2.44. The van der Waals surface area contributed by atoms with E-state index in [4.69, 9.17) is 14.6 Å². The van der Waals surface area contributed by atoms with Crippen LogP contribution in [0, 0.1) is 11.8 Å². The smallest absolute Gasteiger partial charge is 0.303 e. The van der Waals surface area contributed by atoms with E-state index in [1.54, 1.807) is 12.1 Å². The summed E-state index contributed by atoms with van der Waals surface area (Å²) in [6.07, 6.45) is 4.81. The lowest BCUT2D eigenvalue weighted by Crippen LogP contribution is -2.61. The fourth-order valence-corrected chi connectivity index (χ4v) is 7.47. The summed E-state index contributed by atoms with van der Waals surface area (Å²) in [5, 5.41) is 24.6. The number of nitrogens with one attached hydrogen (secondary N) is 2. The van der Waals surface area contributed by atoms with Crippen molar-refractivity contribution in [3.63, 3.8) is 0 Å². The number of hydrogen-bond donors (Lipinski definition) is 4. The van der Waals surface area contributed by atoms with Gasteiger partial charge in [0, 0.05) is 41.7 Å². The molecule has 0 radical (unpaired) electrons. The first kappa shape index (κ1) is 35.0. The summed E-state index contributed by atoms with van der Waals surface area (Å²) in [7, 11) is 0. The highest BCUT2D eigenvalue weighted by atomic mass is 16.7. The van der Waals surface area contributed by atoms with Crippen LogP contribution >= 0.6 is 0 Å². The SMILES string of the molecule is C[C@H]1[C@@H](CN2[C@@H](C(=O)NC(C)(C)C)CC[C@H]3CCCC[C@H]32)O[C@@H](c2cccc(NC(=O)CCC(=O)O)c2)O[C@H]1c1ccc(CO)cc1. The second-order valence-electron chi connectivity index (χ2n) is 14.5. The molecule has 2 amide bonds. The van der Waals surface area contributed by atoms with Gasteiger partial charge >= 0.3 is 5.97 Å². The van der Waals surface area contributed by atoms with Crippen LogP contribution in [0.5, 0.6) is 0 Å². The summed E-state index contributed by atoms with van der Waals surface area (Å²) in [4.78, 5) is 39.5. The molecule has 1 aliphatic carbocycles. The normalized spacial score (nSPS) is 28.2. The molecular formula is C37H51N3O7. The Bertz CT molecular complexity index is 1390. The number of rotatable bonds is 10. The lowest BCUT2D eigenvalue weighted by atomic mass is 9.75. The van der Waals surface area contributed by atoms with Gasteiger partial charge in [-0.15, -0.1) is 0 Å². The van der Waals surface area contributed by atoms with Gasteiger partial charge in [0.05, 0.1) is 31.3 Å². The van der Waals surface area contributed by atoms with Crippen LogP contribution in [0.1, 0.15) is 108 Å². The number of carbonyl (C=O) groups excluding carboxylic acids is 2. The zero-order valence-electron chi connectivity index (χ0n) is 28.1. The van der Waals surface area contributed by atoms with E-state index in [9.17, 15) is 19.5 Å². The van der Waals surface area contributed by atoms with E-state index in [0.29, 0.717) is 24.2 Å². The minimum absolute atomic E-state index is 0.0454. The van der Waals surface area contributed by atoms with Gasteiger partial charge in [-0.05, 0) is 75.6 Å². The number of aliphatic hydroxyl groups excluding tert-OH is 1. The van der Waals surface area contributed by atoms with Crippen LogP contribution in [0.3, 0.4) is 0 Å². The molecule has 5 rings (SSSR count). The minimum Gasteiger partial charge on any atom is -0.481 e. The minimum atomic E-state index is -1.03. The monoisotopic (exact) mass is 649 g/mol. The first-order valence-corrected chi connectivity index (χ1v) is 17.1. The number of anilines is 1. The molecule has 2 aromatic rings. The van der Waals surface area contributed by atoms with Crippen LogP contribution in [0.4, 0.5) is 5.69 Å². The lowest BCUT2D eigenvalue weighted by Gasteiger charge is -2.51. The molecule has 7 atom stereocenters. The second kappa shape index (κ2) is 15.3. The fourth-order valence-electron chi connectivity index (χ4n) is 7.47. The van der Waals surface area contributed by atoms with E-state index in [1.807, 2.05) is 57.2 Å². The number of aliphatic hydroxyl groups is 1. The number of carboxylic acid groups (broad SMARTS) is 1. The van der Waals surface area contributed by atoms with Gasteiger partial charge in [-0.2, -0.15) is 0 Å². The third-order valence-corrected chi connectivity index (χ3v) is 9.83. The summed E-state index contributed by atoms with van der Waals surface area (Å²) < 4.78 is 13.5. The highest BCUT2D eigenvalue weighted by Gasteiger charge is 2.46. The zero-order chi connectivity index (χ0) is 33.7. The Balaban J connectivity index is 1.44. The Morgan fingerprint density at radius 1 is 0.936 bits per heavy atom. The van der Waals surface area contributed by atoms with Gasteiger partial charge in [0.2, 0.25) is 11.8 Å². The van der Waals surface area contributed by atoms with Crippen LogP contribution in [0.15, 0.2) is 48.5 Å². The van der Waals surface area contributed by atoms with Gasteiger partial charge in [-0.25, -0.2) is 0 Å². The predicted molar refractivity (Wildman–Crippen MR) is 178 cm³/mol. The van der Waals surface area contributed by atoms with E-state index < -0.39 is 12.3 Å². The van der Waals surface area contributed by atoms with Crippen molar-refractivity contribution in [2.45, 2.75) is 122 Å². The third-order valence-electron chi connectivity index (χ3n) is 9.83. The van der Waals surface area contributed by atoms with Crippen molar-refractivity contribution in [2.24, 2.45) is 11.8 Å². The first-order valence-electron chi connectivity index (χ1n) is 17.1. The van der Waals surface area contributed by atoms with E-state index in [0.717, 1.165) is 42.4 Å². The van der Waals surface area contributed by atoms with Crippen LogP contribution in [-0.4, -0.2) is 63.2 Å². The van der Waals surface area contributed by atoms with Crippen molar-refractivity contribution in [3.8, 4) is 0 Å². The van der Waals surface area contributed by atoms with Gasteiger partial charge in [0.25, 0.3) is 0 Å². The largest absolute Gasteiger partial charge is 0.481 e. The Morgan fingerprint density at radius 3 is 2.38 bits per heavy atom. The first-order chi connectivity index (χ1) is 22.4. The van der Waals surface area contributed by atoms with E-state index in [2.05, 4.69) is 22.5 Å². The standard InChI is InChI=1S/C37H51N3O7/c1-23-31(21-40-29-11-6-5-8-25(29)16-17-30(40)35(45)39-37(2,3)4)46-36(47-34(23)26-14-12-24(22-41)13-15-26)27-9-7-10-28(20-27)38-32(42)18-19-33(43)44/h7,9-10,12-15,20,23,25,29-31,34,36,41H,5-6,8,11,16-19,21-22H2,1-4H3,(H,38,42)(H,39,45)(H,43,44)/t23-,25+,29+,30+,31+,34+,36+/m0/s1. The molecule has 3 fully saturated rings. The molecule has 0 unspecified atom stereocenters.